The third-order valence-corrected chi connectivity index (χ3v) is 5.25. The van der Waals surface area contributed by atoms with E-state index in [0.717, 1.165) is 0 Å². The Morgan fingerprint density at radius 2 is 1.65 bits per heavy atom. The fourth-order valence-corrected chi connectivity index (χ4v) is 3.92. The van der Waals surface area contributed by atoms with Crippen LogP contribution in [0.5, 0.6) is 34.5 Å². The van der Waals surface area contributed by atoms with Crippen LogP contribution in [0.3, 0.4) is 0 Å². The zero-order valence-electron chi connectivity index (χ0n) is 20.0. The van der Waals surface area contributed by atoms with Crippen LogP contribution in [0.4, 0.5) is 0 Å². The van der Waals surface area contributed by atoms with Gasteiger partial charge in [0.05, 0.1) is 40.1 Å². The third-order valence-electron chi connectivity index (χ3n) is 5.25. The van der Waals surface area contributed by atoms with E-state index in [4.69, 9.17) is 33.2 Å². The van der Waals surface area contributed by atoms with Crippen LogP contribution in [-0.4, -0.2) is 58.4 Å². The molecule has 0 radical (unpaired) electrons. The minimum atomic E-state index is -1.31. The molecule has 0 spiro atoms. The van der Waals surface area contributed by atoms with Gasteiger partial charge in [0.2, 0.25) is 18.3 Å². The summed E-state index contributed by atoms with van der Waals surface area (Å²) in [6, 6.07) is 1.46. The number of benzene rings is 2. The molecule has 34 heavy (non-hydrogen) atoms. The lowest BCUT2D eigenvalue weighted by Gasteiger charge is -2.23. The van der Waals surface area contributed by atoms with E-state index in [9.17, 15) is 14.7 Å². The van der Waals surface area contributed by atoms with Gasteiger partial charge in [-0.05, 0) is 26.3 Å². The van der Waals surface area contributed by atoms with Gasteiger partial charge in [0.15, 0.2) is 23.0 Å². The summed E-state index contributed by atoms with van der Waals surface area (Å²) in [4.78, 5) is 25.7. The Hall–Kier alpha value is -3.82. The van der Waals surface area contributed by atoms with Crippen LogP contribution in [0.15, 0.2) is 6.07 Å². The van der Waals surface area contributed by atoms with Gasteiger partial charge in [-0.15, -0.1) is 0 Å². The summed E-state index contributed by atoms with van der Waals surface area (Å²) in [5.74, 6) is -1.03. The molecule has 3 rings (SSSR count). The van der Waals surface area contributed by atoms with Crippen LogP contribution in [0, 0.1) is 6.92 Å². The summed E-state index contributed by atoms with van der Waals surface area (Å²) in [6.45, 7) is 5.44. The molecule has 0 bridgehead atoms. The van der Waals surface area contributed by atoms with Gasteiger partial charge < -0.3 is 38.3 Å². The van der Waals surface area contributed by atoms with Gasteiger partial charge in [-0.1, -0.05) is 6.92 Å². The smallest absolute Gasteiger partial charge is 0.340 e. The summed E-state index contributed by atoms with van der Waals surface area (Å²) in [5, 5.41) is 10.3. The first-order valence-electron chi connectivity index (χ1n) is 10.7. The summed E-state index contributed by atoms with van der Waals surface area (Å²) < 4.78 is 38.8. The van der Waals surface area contributed by atoms with E-state index in [0.29, 0.717) is 17.7 Å². The maximum absolute atomic E-state index is 13.1. The zero-order chi connectivity index (χ0) is 25.0. The average Bonchev–Trinajstić information content (AvgIpc) is 3.30. The van der Waals surface area contributed by atoms with Crippen molar-refractivity contribution >= 4 is 11.9 Å². The van der Waals surface area contributed by atoms with E-state index >= 15 is 0 Å². The topological polar surface area (TPSA) is 119 Å². The number of rotatable bonds is 10. The molecule has 184 valence electrons. The van der Waals surface area contributed by atoms with Gasteiger partial charge in [-0.2, -0.15) is 0 Å². The van der Waals surface area contributed by atoms with Gasteiger partial charge in [-0.25, -0.2) is 9.59 Å². The Labute approximate surface area is 197 Å². The van der Waals surface area contributed by atoms with E-state index in [-0.39, 0.29) is 71.0 Å². The molecule has 1 heterocycles. The van der Waals surface area contributed by atoms with Crippen molar-refractivity contribution in [2.75, 3.05) is 41.3 Å². The van der Waals surface area contributed by atoms with E-state index < -0.39 is 11.9 Å². The molecule has 0 saturated heterocycles. The number of ether oxygens (including phenoxy) is 7. The summed E-state index contributed by atoms with van der Waals surface area (Å²) in [5.41, 5.74) is 0.602. The van der Waals surface area contributed by atoms with Crippen LogP contribution in [0.2, 0.25) is 0 Å². The highest BCUT2D eigenvalue weighted by Gasteiger charge is 2.38. The normalized spacial score (nSPS) is 11.7. The lowest BCUT2D eigenvalue weighted by atomic mass is 9.88. The van der Waals surface area contributed by atoms with E-state index in [1.165, 1.54) is 27.4 Å². The standard InChI is InChI=1S/C24H28O10/c1-7-9-32-24(27)13-10-14(28-4)18(29-5)12(3)15(13)16-17(23(25)26)20(31-8-2)21(30-6)22-19(16)33-11-34-22/h10H,7-9,11H2,1-6H3,(H,25,26). The molecule has 10 heteroatoms. The zero-order valence-corrected chi connectivity index (χ0v) is 20.0. The van der Waals surface area contributed by atoms with Crippen molar-refractivity contribution in [2.24, 2.45) is 0 Å². The first-order valence-corrected chi connectivity index (χ1v) is 10.7. The molecular formula is C24H28O10. The Balaban J connectivity index is 2.52. The SMILES string of the molecule is CCCOC(=O)c1cc(OC)c(OC)c(C)c1-c1c2c(c(OC)c(OCC)c1C(=O)O)OCO2. The molecule has 1 aliphatic heterocycles. The number of hydrogen-bond acceptors (Lipinski definition) is 9. The van der Waals surface area contributed by atoms with Crippen molar-refractivity contribution < 1.29 is 47.9 Å². The second-order valence-corrected chi connectivity index (χ2v) is 7.21. The molecule has 0 aromatic heterocycles. The van der Waals surface area contributed by atoms with Crippen LogP contribution < -0.4 is 28.4 Å². The van der Waals surface area contributed by atoms with Crippen molar-refractivity contribution in [1.82, 2.24) is 0 Å². The number of esters is 1. The van der Waals surface area contributed by atoms with Crippen LogP contribution >= 0.6 is 0 Å². The number of carboxylic acid groups (broad SMARTS) is 1. The number of carbonyl (C=O) groups excluding carboxylic acids is 1. The Bertz CT molecular complexity index is 1110. The highest BCUT2D eigenvalue weighted by atomic mass is 16.7. The first-order chi connectivity index (χ1) is 16.4. The van der Waals surface area contributed by atoms with Gasteiger partial charge in [0.1, 0.15) is 5.56 Å². The molecule has 1 N–H and O–H groups in total. The highest BCUT2D eigenvalue weighted by Crippen LogP contribution is 2.57. The number of carboxylic acids is 1. The quantitative estimate of drug-likeness (QED) is 0.502. The van der Waals surface area contributed by atoms with Crippen molar-refractivity contribution in [1.29, 1.82) is 0 Å². The van der Waals surface area contributed by atoms with Crippen molar-refractivity contribution in [2.45, 2.75) is 27.2 Å². The van der Waals surface area contributed by atoms with Crippen molar-refractivity contribution in [3.05, 3.63) is 22.8 Å². The van der Waals surface area contributed by atoms with E-state index in [1.807, 2.05) is 6.92 Å². The molecule has 0 aliphatic carbocycles. The third kappa shape index (κ3) is 4.11. The number of hydrogen-bond donors (Lipinski definition) is 1. The Morgan fingerprint density at radius 3 is 2.21 bits per heavy atom. The minimum absolute atomic E-state index is 0.0428. The van der Waals surface area contributed by atoms with E-state index in [2.05, 4.69) is 0 Å². The molecule has 0 atom stereocenters. The minimum Gasteiger partial charge on any atom is -0.493 e. The van der Waals surface area contributed by atoms with Crippen LogP contribution in [0.25, 0.3) is 11.1 Å². The van der Waals surface area contributed by atoms with Gasteiger partial charge >= 0.3 is 11.9 Å². The molecule has 10 nitrogen and oxygen atoms in total. The maximum atomic E-state index is 13.1. The lowest BCUT2D eigenvalue weighted by Crippen LogP contribution is -2.13. The average molecular weight is 476 g/mol. The fourth-order valence-electron chi connectivity index (χ4n) is 3.92. The summed E-state index contributed by atoms with van der Waals surface area (Å²) >= 11 is 0. The molecule has 0 amide bonds. The van der Waals surface area contributed by atoms with E-state index in [1.54, 1.807) is 13.8 Å². The van der Waals surface area contributed by atoms with Gasteiger partial charge in [-0.3, -0.25) is 0 Å². The predicted octanol–water partition coefficient (Wildman–Crippen LogP) is 4.08. The second-order valence-electron chi connectivity index (χ2n) is 7.21. The second kappa shape index (κ2) is 10.4. The molecule has 1 aliphatic rings. The van der Waals surface area contributed by atoms with Gasteiger partial charge in [0.25, 0.3) is 0 Å². The molecular weight excluding hydrogens is 448 g/mol. The van der Waals surface area contributed by atoms with Crippen LogP contribution in [0.1, 0.15) is 46.5 Å². The summed E-state index contributed by atoms with van der Waals surface area (Å²) in [6.07, 6.45) is 0.608. The molecule has 0 saturated carbocycles. The Morgan fingerprint density at radius 1 is 0.971 bits per heavy atom. The number of aromatic carboxylic acids is 1. The first kappa shape index (κ1) is 24.8. The van der Waals surface area contributed by atoms with Crippen LogP contribution in [-0.2, 0) is 4.74 Å². The predicted molar refractivity (Wildman–Crippen MR) is 121 cm³/mol. The maximum Gasteiger partial charge on any atom is 0.340 e. The molecule has 2 aromatic carbocycles. The number of methoxy groups -OCH3 is 3. The largest absolute Gasteiger partial charge is 0.493 e. The number of fused-ring (bicyclic) bond motifs is 1. The van der Waals surface area contributed by atoms with Gasteiger partial charge in [0, 0.05) is 16.7 Å². The number of carbonyl (C=O) groups is 2. The lowest BCUT2D eigenvalue weighted by molar-refractivity contribution is 0.0504. The Kier molecular flexibility index (Phi) is 7.60. The molecule has 2 aromatic rings. The monoisotopic (exact) mass is 476 g/mol. The molecule has 0 fully saturated rings. The fraction of sp³-hybridized carbons (Fsp3) is 0.417. The highest BCUT2D eigenvalue weighted by molar-refractivity contribution is 6.09. The molecule has 0 unspecified atom stereocenters. The summed E-state index contributed by atoms with van der Waals surface area (Å²) in [7, 11) is 4.27. The van der Waals surface area contributed by atoms with Crippen molar-refractivity contribution in [3.8, 4) is 45.6 Å². The van der Waals surface area contributed by atoms with Crippen molar-refractivity contribution in [3.63, 3.8) is 0 Å².